The monoisotopic (exact) mass is 797 g/mol. The molecule has 62 heavy (non-hydrogen) atoms. The Morgan fingerprint density at radius 1 is 0.548 bits per heavy atom. The van der Waals surface area contributed by atoms with E-state index in [1.165, 1.54) is 0 Å². The Morgan fingerprint density at radius 2 is 1.21 bits per heavy atom. The molecule has 4 heterocycles. The lowest BCUT2D eigenvalue weighted by Gasteiger charge is -2.46. The van der Waals surface area contributed by atoms with Gasteiger partial charge in [-0.1, -0.05) is 146 Å². The van der Waals surface area contributed by atoms with Crippen LogP contribution in [-0.2, 0) is 12.5 Å². The van der Waals surface area contributed by atoms with Gasteiger partial charge in [0.05, 0.1) is 44.2 Å². The van der Waals surface area contributed by atoms with Gasteiger partial charge in [0, 0.05) is 41.5 Å². The maximum Gasteiger partial charge on any atom is 0.140 e. The van der Waals surface area contributed by atoms with Gasteiger partial charge in [0.1, 0.15) is 23.1 Å². The summed E-state index contributed by atoms with van der Waals surface area (Å²) in [6.07, 6.45) is 1.87. The Morgan fingerprint density at radius 3 is 1.95 bits per heavy atom. The first-order valence-corrected chi connectivity index (χ1v) is 21.0. The lowest BCUT2D eigenvalue weighted by atomic mass is 9.62. The van der Waals surface area contributed by atoms with Crippen molar-refractivity contribution in [3.63, 3.8) is 0 Å². The summed E-state index contributed by atoms with van der Waals surface area (Å²) < 4.78 is 11.9. The molecular formula is C56H39N5O. The molecule has 12 rings (SSSR count). The molecule has 0 aliphatic carbocycles. The van der Waals surface area contributed by atoms with Crippen LogP contribution >= 0.6 is 0 Å². The number of imidazole rings is 1. The van der Waals surface area contributed by atoms with Crippen molar-refractivity contribution in [2.24, 2.45) is 7.05 Å². The van der Waals surface area contributed by atoms with E-state index < -0.39 is 5.41 Å². The standard InChI is InChI=1S/C56H39N5O/c1-59-48-33-16-13-30-45(48)58-55(59)38-20-19-27-42(36-38)62-50-37-49-53(54-52(50)43-28-11-14-31-46(43)60(54)41-25-9-4-10-26-41)56(39-21-5-2-6-22-39,40-23-7-3-8-24-40)44-29-12-15-32-47(44)61(49)51-34-17-18-35-57-51/h2-37H,1H3. The fourth-order valence-corrected chi connectivity index (χ4v) is 9.94. The third-order valence-electron chi connectivity index (χ3n) is 12.5. The lowest BCUT2D eigenvalue weighted by Crippen LogP contribution is -2.38. The third-order valence-corrected chi connectivity index (χ3v) is 12.5. The number of hydrogen-bond donors (Lipinski definition) is 0. The predicted molar refractivity (Wildman–Crippen MR) is 251 cm³/mol. The summed E-state index contributed by atoms with van der Waals surface area (Å²) >= 11 is 0. The molecule has 6 heteroatoms. The zero-order chi connectivity index (χ0) is 41.2. The number of aromatic nitrogens is 4. The second-order valence-corrected chi connectivity index (χ2v) is 15.8. The van der Waals surface area contributed by atoms with E-state index in [2.05, 4.69) is 215 Å². The molecule has 0 saturated heterocycles. The van der Waals surface area contributed by atoms with Gasteiger partial charge in [-0.15, -0.1) is 0 Å². The second-order valence-electron chi connectivity index (χ2n) is 15.8. The Bertz CT molecular complexity index is 3410. The van der Waals surface area contributed by atoms with E-state index in [1.54, 1.807) is 0 Å². The molecule has 0 radical (unpaired) electrons. The molecule has 1 aliphatic rings. The Hall–Kier alpha value is -8.22. The van der Waals surface area contributed by atoms with Crippen LogP contribution in [0.5, 0.6) is 11.5 Å². The number of ether oxygens (including phenoxy) is 1. The second kappa shape index (κ2) is 14.2. The fraction of sp³-hybridized carbons (Fsp3) is 0.0357. The summed E-state index contributed by atoms with van der Waals surface area (Å²) in [7, 11) is 2.07. The van der Waals surface area contributed by atoms with Gasteiger partial charge in [0.2, 0.25) is 0 Å². The van der Waals surface area contributed by atoms with Crippen LogP contribution in [0.3, 0.4) is 0 Å². The highest BCUT2D eigenvalue weighted by molar-refractivity contribution is 6.16. The number of para-hydroxylation sites is 5. The first-order valence-electron chi connectivity index (χ1n) is 21.0. The Kier molecular flexibility index (Phi) is 8.18. The van der Waals surface area contributed by atoms with E-state index in [9.17, 15) is 0 Å². The number of fused-ring (bicyclic) bond motifs is 7. The summed E-state index contributed by atoms with van der Waals surface area (Å²) in [5.74, 6) is 3.14. The summed E-state index contributed by atoms with van der Waals surface area (Å²) in [4.78, 5) is 12.4. The summed E-state index contributed by atoms with van der Waals surface area (Å²) in [6, 6.07) is 75.1. The molecule has 0 saturated carbocycles. The van der Waals surface area contributed by atoms with Crippen molar-refractivity contribution in [2.75, 3.05) is 4.90 Å². The van der Waals surface area contributed by atoms with E-state index in [-0.39, 0.29) is 0 Å². The zero-order valence-corrected chi connectivity index (χ0v) is 33.9. The van der Waals surface area contributed by atoms with Crippen molar-refractivity contribution in [3.05, 3.63) is 241 Å². The van der Waals surface area contributed by atoms with Crippen LogP contribution in [0, 0.1) is 0 Å². The van der Waals surface area contributed by atoms with Crippen LogP contribution in [0.2, 0.25) is 0 Å². The first-order chi connectivity index (χ1) is 30.7. The van der Waals surface area contributed by atoms with E-state index >= 15 is 0 Å². The topological polar surface area (TPSA) is 48.1 Å². The number of benzene rings is 8. The minimum Gasteiger partial charge on any atom is -0.457 e. The molecule has 0 fully saturated rings. The normalized spacial score (nSPS) is 13.0. The van der Waals surface area contributed by atoms with Gasteiger partial charge < -0.3 is 13.9 Å². The first kappa shape index (κ1) is 35.7. The van der Waals surface area contributed by atoms with E-state index in [4.69, 9.17) is 14.7 Å². The van der Waals surface area contributed by atoms with Crippen molar-refractivity contribution in [3.8, 4) is 28.6 Å². The maximum absolute atomic E-state index is 7.35. The molecule has 0 spiro atoms. The largest absolute Gasteiger partial charge is 0.457 e. The molecule has 294 valence electrons. The molecule has 0 atom stereocenters. The van der Waals surface area contributed by atoms with Crippen molar-refractivity contribution in [2.45, 2.75) is 5.41 Å². The third kappa shape index (κ3) is 5.30. The number of aryl methyl sites for hydroxylation is 1. The van der Waals surface area contributed by atoms with Crippen LogP contribution < -0.4 is 9.64 Å². The van der Waals surface area contributed by atoms with Crippen molar-refractivity contribution in [1.29, 1.82) is 0 Å². The smallest absolute Gasteiger partial charge is 0.140 e. The van der Waals surface area contributed by atoms with Crippen LogP contribution in [0.4, 0.5) is 17.2 Å². The van der Waals surface area contributed by atoms with Crippen molar-refractivity contribution < 1.29 is 4.74 Å². The van der Waals surface area contributed by atoms with E-state index in [0.29, 0.717) is 5.75 Å². The molecule has 8 aromatic carbocycles. The molecule has 6 nitrogen and oxygen atoms in total. The fourth-order valence-electron chi connectivity index (χ4n) is 9.94. The highest BCUT2D eigenvalue weighted by atomic mass is 16.5. The van der Waals surface area contributed by atoms with Crippen LogP contribution in [0.25, 0.3) is 49.9 Å². The van der Waals surface area contributed by atoms with Crippen LogP contribution in [-0.4, -0.2) is 19.1 Å². The van der Waals surface area contributed by atoms with Gasteiger partial charge in [0.25, 0.3) is 0 Å². The highest BCUT2D eigenvalue weighted by Crippen LogP contribution is 2.61. The Balaban J connectivity index is 1.25. The molecule has 0 N–H and O–H groups in total. The van der Waals surface area contributed by atoms with Gasteiger partial charge >= 0.3 is 0 Å². The van der Waals surface area contributed by atoms with E-state index in [1.807, 2.05) is 24.4 Å². The molecule has 0 unspecified atom stereocenters. The van der Waals surface area contributed by atoms with Crippen molar-refractivity contribution >= 4 is 50.0 Å². The number of hydrogen-bond acceptors (Lipinski definition) is 4. The molecule has 1 aliphatic heterocycles. The van der Waals surface area contributed by atoms with Crippen molar-refractivity contribution in [1.82, 2.24) is 19.1 Å². The van der Waals surface area contributed by atoms with Crippen LogP contribution in [0.1, 0.15) is 22.3 Å². The molecule has 11 aromatic rings. The summed E-state index contributed by atoms with van der Waals surface area (Å²) in [6.45, 7) is 0. The number of pyridine rings is 1. The summed E-state index contributed by atoms with van der Waals surface area (Å²) in [5, 5.41) is 2.11. The Labute approximate surface area is 359 Å². The minimum absolute atomic E-state index is 0.713. The molecule has 0 amide bonds. The maximum atomic E-state index is 7.35. The lowest BCUT2D eigenvalue weighted by molar-refractivity contribution is 0.488. The van der Waals surface area contributed by atoms with E-state index in [0.717, 1.165) is 95.1 Å². The van der Waals surface area contributed by atoms with Gasteiger partial charge in [-0.25, -0.2) is 9.97 Å². The van der Waals surface area contributed by atoms with Gasteiger partial charge in [0.15, 0.2) is 0 Å². The summed E-state index contributed by atoms with van der Waals surface area (Å²) in [5.41, 5.74) is 12.1. The van der Waals surface area contributed by atoms with Gasteiger partial charge in [-0.05, 0) is 77.4 Å². The number of anilines is 3. The number of rotatable bonds is 7. The highest BCUT2D eigenvalue weighted by Gasteiger charge is 2.49. The van der Waals surface area contributed by atoms with Gasteiger partial charge in [-0.3, -0.25) is 4.90 Å². The predicted octanol–water partition coefficient (Wildman–Crippen LogP) is 13.7. The quantitative estimate of drug-likeness (QED) is 0.161. The number of nitrogens with zero attached hydrogens (tertiary/aromatic N) is 5. The average Bonchev–Trinajstić information content (AvgIpc) is 3.87. The van der Waals surface area contributed by atoms with Crippen LogP contribution in [0.15, 0.2) is 219 Å². The zero-order valence-electron chi connectivity index (χ0n) is 33.9. The minimum atomic E-state index is -0.780. The molecular weight excluding hydrogens is 759 g/mol. The molecule has 3 aromatic heterocycles. The molecule has 0 bridgehead atoms. The average molecular weight is 798 g/mol. The SMILES string of the molecule is Cn1c(-c2cccc(Oc3cc4c(c5c3c3ccccc3n5-c3ccccc3)C(c3ccccc3)(c3ccccc3)c3ccccc3N4c3ccccn3)c2)nc2ccccc21. The van der Waals surface area contributed by atoms with Gasteiger partial charge in [-0.2, -0.15) is 0 Å².